The molecule has 2 rings (SSSR count). The van der Waals surface area contributed by atoms with Crippen LogP contribution in [0.2, 0.25) is 0 Å². The van der Waals surface area contributed by atoms with Crippen molar-refractivity contribution in [3.8, 4) is 0 Å². The second kappa shape index (κ2) is 7.44. The molecule has 0 saturated heterocycles. The average Bonchev–Trinajstić information content (AvgIpc) is 2.92. The number of aromatic nitrogens is 1. The lowest BCUT2D eigenvalue weighted by Gasteiger charge is -2.36. The molecule has 120 valence electrons. The van der Waals surface area contributed by atoms with Gasteiger partial charge in [-0.25, -0.2) is 4.98 Å². The van der Waals surface area contributed by atoms with Gasteiger partial charge in [0.2, 0.25) is 0 Å². The van der Waals surface area contributed by atoms with Crippen molar-refractivity contribution in [1.29, 1.82) is 0 Å². The van der Waals surface area contributed by atoms with Crippen LogP contribution < -0.4 is 5.32 Å². The minimum absolute atomic E-state index is 0.447. The SMILES string of the molecule is CCCNCCc1ncc(C2CCC(C(C)(C)C)CC2)o1. The quantitative estimate of drug-likeness (QED) is 0.782. The fourth-order valence-electron chi connectivity index (χ4n) is 3.37. The molecule has 1 fully saturated rings. The van der Waals surface area contributed by atoms with Crippen molar-refractivity contribution in [2.45, 2.75) is 72.1 Å². The first kappa shape index (κ1) is 16.5. The van der Waals surface area contributed by atoms with Crippen LogP contribution in [0.5, 0.6) is 0 Å². The Morgan fingerprint density at radius 1 is 1.19 bits per heavy atom. The lowest BCUT2D eigenvalue weighted by molar-refractivity contribution is 0.163. The van der Waals surface area contributed by atoms with Crippen LogP contribution in [0.4, 0.5) is 0 Å². The molecule has 0 bridgehead atoms. The zero-order chi connectivity index (χ0) is 15.3. The topological polar surface area (TPSA) is 38.1 Å². The lowest BCUT2D eigenvalue weighted by atomic mass is 9.69. The third kappa shape index (κ3) is 4.84. The van der Waals surface area contributed by atoms with Crippen LogP contribution >= 0.6 is 0 Å². The molecule has 21 heavy (non-hydrogen) atoms. The highest BCUT2D eigenvalue weighted by Crippen LogP contribution is 2.43. The Morgan fingerprint density at radius 3 is 2.52 bits per heavy atom. The Kier molecular flexibility index (Phi) is 5.86. The van der Waals surface area contributed by atoms with Gasteiger partial charge in [-0.15, -0.1) is 0 Å². The molecule has 1 aliphatic carbocycles. The molecular weight excluding hydrogens is 260 g/mol. The number of hydrogen-bond donors (Lipinski definition) is 1. The summed E-state index contributed by atoms with van der Waals surface area (Å²) in [5.74, 6) is 3.46. The van der Waals surface area contributed by atoms with E-state index in [0.717, 1.165) is 37.1 Å². The Labute approximate surface area is 129 Å². The Morgan fingerprint density at radius 2 is 1.90 bits per heavy atom. The molecule has 1 N–H and O–H groups in total. The van der Waals surface area contributed by atoms with Gasteiger partial charge in [0, 0.05) is 18.9 Å². The summed E-state index contributed by atoms with van der Waals surface area (Å²) in [4.78, 5) is 4.45. The summed E-state index contributed by atoms with van der Waals surface area (Å²) in [5, 5.41) is 3.39. The van der Waals surface area contributed by atoms with Gasteiger partial charge in [-0.05, 0) is 50.0 Å². The van der Waals surface area contributed by atoms with Gasteiger partial charge in [0.15, 0.2) is 5.89 Å². The average molecular weight is 292 g/mol. The molecule has 0 unspecified atom stereocenters. The molecule has 0 atom stereocenters. The fraction of sp³-hybridized carbons (Fsp3) is 0.833. The van der Waals surface area contributed by atoms with Crippen LogP contribution in [0.3, 0.4) is 0 Å². The van der Waals surface area contributed by atoms with Gasteiger partial charge in [0.25, 0.3) is 0 Å². The Hall–Kier alpha value is -0.830. The van der Waals surface area contributed by atoms with E-state index < -0.39 is 0 Å². The molecule has 1 heterocycles. The lowest BCUT2D eigenvalue weighted by Crippen LogP contribution is -2.25. The van der Waals surface area contributed by atoms with Gasteiger partial charge in [-0.2, -0.15) is 0 Å². The number of hydrogen-bond acceptors (Lipinski definition) is 3. The van der Waals surface area contributed by atoms with Crippen molar-refractivity contribution in [3.05, 3.63) is 17.8 Å². The first-order chi connectivity index (χ1) is 10.0. The van der Waals surface area contributed by atoms with Gasteiger partial charge < -0.3 is 9.73 Å². The van der Waals surface area contributed by atoms with Crippen molar-refractivity contribution in [2.75, 3.05) is 13.1 Å². The second-order valence-corrected chi connectivity index (χ2v) is 7.57. The highest BCUT2D eigenvalue weighted by molar-refractivity contribution is 5.04. The van der Waals surface area contributed by atoms with E-state index in [1.807, 2.05) is 6.20 Å². The maximum absolute atomic E-state index is 5.97. The summed E-state index contributed by atoms with van der Waals surface area (Å²) in [7, 11) is 0. The molecule has 0 radical (unpaired) electrons. The van der Waals surface area contributed by atoms with Gasteiger partial charge >= 0.3 is 0 Å². The monoisotopic (exact) mass is 292 g/mol. The molecule has 0 aromatic carbocycles. The Bertz CT molecular complexity index is 411. The van der Waals surface area contributed by atoms with Crippen molar-refractivity contribution in [3.63, 3.8) is 0 Å². The fourth-order valence-corrected chi connectivity index (χ4v) is 3.37. The second-order valence-electron chi connectivity index (χ2n) is 7.57. The van der Waals surface area contributed by atoms with E-state index in [-0.39, 0.29) is 0 Å². The normalized spacial score (nSPS) is 23.4. The van der Waals surface area contributed by atoms with E-state index in [1.165, 1.54) is 32.1 Å². The highest BCUT2D eigenvalue weighted by Gasteiger charge is 2.31. The van der Waals surface area contributed by atoms with E-state index >= 15 is 0 Å². The van der Waals surface area contributed by atoms with Crippen molar-refractivity contribution in [2.24, 2.45) is 11.3 Å². The van der Waals surface area contributed by atoms with Gasteiger partial charge in [0.05, 0.1) is 6.20 Å². The third-order valence-corrected chi connectivity index (χ3v) is 4.87. The van der Waals surface area contributed by atoms with E-state index in [0.29, 0.717) is 11.3 Å². The van der Waals surface area contributed by atoms with Gasteiger partial charge in [-0.1, -0.05) is 27.7 Å². The summed E-state index contributed by atoms with van der Waals surface area (Å²) in [6.07, 6.45) is 9.20. The smallest absolute Gasteiger partial charge is 0.195 e. The molecule has 1 aromatic heterocycles. The molecule has 1 aromatic rings. The maximum atomic E-state index is 5.97. The third-order valence-electron chi connectivity index (χ3n) is 4.87. The summed E-state index contributed by atoms with van der Waals surface area (Å²) in [6, 6.07) is 0. The molecule has 3 nitrogen and oxygen atoms in total. The van der Waals surface area contributed by atoms with Gasteiger partial charge in [0.1, 0.15) is 5.76 Å². The standard InChI is InChI=1S/C18H32N2O/c1-5-11-19-12-10-17-20-13-16(21-17)14-6-8-15(9-7-14)18(2,3)4/h13-15,19H,5-12H2,1-4H3. The van der Waals surface area contributed by atoms with Crippen LogP contribution in [0, 0.1) is 11.3 Å². The zero-order valence-corrected chi connectivity index (χ0v) is 14.2. The molecule has 1 saturated carbocycles. The molecule has 0 spiro atoms. The maximum Gasteiger partial charge on any atom is 0.195 e. The van der Waals surface area contributed by atoms with Crippen LogP contribution in [-0.2, 0) is 6.42 Å². The predicted molar refractivity (Wildman–Crippen MR) is 87.5 cm³/mol. The van der Waals surface area contributed by atoms with Crippen molar-refractivity contribution >= 4 is 0 Å². The van der Waals surface area contributed by atoms with Crippen molar-refractivity contribution < 1.29 is 4.42 Å². The highest BCUT2D eigenvalue weighted by atomic mass is 16.4. The Balaban J connectivity index is 1.80. The van der Waals surface area contributed by atoms with E-state index in [4.69, 9.17) is 4.42 Å². The molecule has 3 heteroatoms. The van der Waals surface area contributed by atoms with Crippen LogP contribution in [-0.4, -0.2) is 18.1 Å². The minimum Gasteiger partial charge on any atom is -0.445 e. The first-order valence-electron chi connectivity index (χ1n) is 8.66. The summed E-state index contributed by atoms with van der Waals surface area (Å²) in [5.41, 5.74) is 0.447. The summed E-state index contributed by atoms with van der Waals surface area (Å²) < 4.78 is 5.97. The van der Waals surface area contributed by atoms with Gasteiger partial charge in [-0.3, -0.25) is 0 Å². The summed E-state index contributed by atoms with van der Waals surface area (Å²) >= 11 is 0. The largest absolute Gasteiger partial charge is 0.445 e. The molecule has 0 aliphatic heterocycles. The van der Waals surface area contributed by atoms with E-state index in [2.05, 4.69) is 38.0 Å². The minimum atomic E-state index is 0.447. The number of oxazole rings is 1. The zero-order valence-electron chi connectivity index (χ0n) is 14.2. The van der Waals surface area contributed by atoms with E-state index in [1.54, 1.807) is 0 Å². The van der Waals surface area contributed by atoms with Crippen LogP contribution in [0.25, 0.3) is 0 Å². The summed E-state index contributed by atoms with van der Waals surface area (Å²) in [6.45, 7) is 11.3. The first-order valence-corrected chi connectivity index (χ1v) is 8.66. The number of nitrogens with zero attached hydrogens (tertiary/aromatic N) is 1. The number of nitrogens with one attached hydrogen (secondary N) is 1. The predicted octanol–water partition coefficient (Wildman–Crippen LogP) is 4.54. The molecule has 1 aliphatic rings. The number of rotatable bonds is 6. The van der Waals surface area contributed by atoms with Crippen molar-refractivity contribution in [1.82, 2.24) is 10.3 Å². The van der Waals surface area contributed by atoms with E-state index in [9.17, 15) is 0 Å². The van der Waals surface area contributed by atoms with Crippen LogP contribution in [0.15, 0.2) is 10.6 Å². The molecule has 0 amide bonds. The molecular formula is C18H32N2O. The van der Waals surface area contributed by atoms with Crippen LogP contribution in [0.1, 0.15) is 77.4 Å².